The van der Waals surface area contributed by atoms with E-state index in [4.69, 9.17) is 21.5 Å². The summed E-state index contributed by atoms with van der Waals surface area (Å²) in [4.78, 5) is 14.4. The van der Waals surface area contributed by atoms with Crippen molar-refractivity contribution < 1.29 is 0 Å². The van der Waals surface area contributed by atoms with Crippen molar-refractivity contribution in [3.8, 4) is 0 Å². The molecule has 3 fully saturated rings. The third kappa shape index (κ3) is 5.37. The van der Waals surface area contributed by atoms with Gasteiger partial charge in [-0.2, -0.15) is 0 Å². The van der Waals surface area contributed by atoms with Crippen molar-refractivity contribution in [1.82, 2.24) is 0 Å². The van der Waals surface area contributed by atoms with Crippen LogP contribution in [-0.2, 0) is 0 Å². The van der Waals surface area contributed by atoms with E-state index >= 15 is 0 Å². The van der Waals surface area contributed by atoms with Gasteiger partial charge in [0.15, 0.2) is 0 Å². The number of anilines is 2. The molecule has 34 heavy (non-hydrogen) atoms. The van der Waals surface area contributed by atoms with Crippen LogP contribution in [0, 0.1) is 0 Å². The molecule has 180 valence electrons. The van der Waals surface area contributed by atoms with Crippen LogP contribution in [0.5, 0.6) is 0 Å². The fourth-order valence-corrected chi connectivity index (χ4v) is 5.52. The Hall–Kier alpha value is -3.02. The SMILES string of the molecule is NC(=NC1CCCC1)c1ccc(N2CCN(c3ccc(C(N)=NC4CCCC4)cc3)CC2)cc1. The number of rotatable bonds is 6. The van der Waals surface area contributed by atoms with Crippen molar-refractivity contribution in [1.29, 1.82) is 0 Å². The fraction of sp³-hybridized carbons (Fsp3) is 0.500. The number of hydrogen-bond acceptors (Lipinski definition) is 4. The zero-order valence-electron chi connectivity index (χ0n) is 20.2. The number of piperazine rings is 1. The average molecular weight is 459 g/mol. The van der Waals surface area contributed by atoms with Crippen molar-refractivity contribution in [2.45, 2.75) is 63.5 Å². The van der Waals surface area contributed by atoms with Crippen molar-refractivity contribution >= 4 is 23.0 Å². The Bertz CT molecular complexity index is 907. The van der Waals surface area contributed by atoms with Gasteiger partial charge in [-0.3, -0.25) is 9.98 Å². The van der Waals surface area contributed by atoms with Crippen LogP contribution in [-0.4, -0.2) is 49.9 Å². The lowest BCUT2D eigenvalue weighted by molar-refractivity contribution is 0.653. The summed E-state index contributed by atoms with van der Waals surface area (Å²) < 4.78 is 0. The van der Waals surface area contributed by atoms with Gasteiger partial charge in [-0.15, -0.1) is 0 Å². The highest BCUT2D eigenvalue weighted by atomic mass is 15.3. The Balaban J connectivity index is 1.15. The molecule has 2 aliphatic carbocycles. The lowest BCUT2D eigenvalue weighted by Gasteiger charge is -2.37. The first-order chi connectivity index (χ1) is 16.7. The van der Waals surface area contributed by atoms with Gasteiger partial charge in [0.1, 0.15) is 11.7 Å². The summed E-state index contributed by atoms with van der Waals surface area (Å²) in [5.41, 5.74) is 17.1. The predicted octanol–water partition coefficient (Wildman–Crippen LogP) is 4.31. The number of nitrogens with zero attached hydrogens (tertiary/aromatic N) is 4. The summed E-state index contributed by atoms with van der Waals surface area (Å²) in [5.74, 6) is 1.36. The first-order valence-corrected chi connectivity index (χ1v) is 13.0. The van der Waals surface area contributed by atoms with E-state index in [2.05, 4.69) is 58.3 Å². The van der Waals surface area contributed by atoms with Gasteiger partial charge in [-0.05, 0) is 74.2 Å². The third-order valence-corrected chi connectivity index (χ3v) is 7.63. The van der Waals surface area contributed by atoms with Gasteiger partial charge in [-0.1, -0.05) is 25.7 Å². The normalized spacial score (nSPS) is 20.9. The second-order valence-electron chi connectivity index (χ2n) is 9.97. The van der Waals surface area contributed by atoms with Crippen molar-refractivity contribution in [3.63, 3.8) is 0 Å². The highest BCUT2D eigenvalue weighted by molar-refractivity contribution is 5.98. The Morgan fingerprint density at radius 1 is 0.559 bits per heavy atom. The van der Waals surface area contributed by atoms with Gasteiger partial charge in [0, 0.05) is 48.7 Å². The van der Waals surface area contributed by atoms with E-state index in [1.165, 1.54) is 62.7 Å². The molecule has 6 heteroatoms. The van der Waals surface area contributed by atoms with Crippen LogP contribution >= 0.6 is 0 Å². The second kappa shape index (κ2) is 10.5. The molecule has 3 aliphatic rings. The number of benzene rings is 2. The van der Waals surface area contributed by atoms with Gasteiger partial charge in [-0.25, -0.2) is 0 Å². The van der Waals surface area contributed by atoms with E-state index in [9.17, 15) is 0 Å². The van der Waals surface area contributed by atoms with Gasteiger partial charge < -0.3 is 21.3 Å². The van der Waals surface area contributed by atoms with Crippen molar-refractivity contribution in [2.24, 2.45) is 21.5 Å². The molecule has 0 atom stereocenters. The Kier molecular flexibility index (Phi) is 7.02. The molecule has 0 aromatic heterocycles. The quantitative estimate of drug-likeness (QED) is 0.499. The summed E-state index contributed by atoms with van der Waals surface area (Å²) >= 11 is 0. The van der Waals surface area contributed by atoms with E-state index in [0.29, 0.717) is 23.8 Å². The minimum absolute atomic E-state index is 0.415. The number of hydrogen-bond donors (Lipinski definition) is 2. The maximum Gasteiger partial charge on any atom is 0.125 e. The molecule has 0 unspecified atom stereocenters. The Labute approximate surface area is 203 Å². The highest BCUT2D eigenvalue weighted by Gasteiger charge is 2.19. The summed E-state index contributed by atoms with van der Waals surface area (Å²) in [7, 11) is 0. The molecule has 5 rings (SSSR count). The highest BCUT2D eigenvalue weighted by Crippen LogP contribution is 2.24. The van der Waals surface area contributed by atoms with E-state index in [1.807, 2.05) is 0 Å². The Morgan fingerprint density at radius 3 is 1.21 bits per heavy atom. The molecule has 1 aliphatic heterocycles. The smallest absolute Gasteiger partial charge is 0.125 e. The van der Waals surface area contributed by atoms with Crippen LogP contribution < -0.4 is 21.3 Å². The molecule has 1 saturated heterocycles. The van der Waals surface area contributed by atoms with Crippen molar-refractivity contribution in [2.75, 3.05) is 36.0 Å². The second-order valence-corrected chi connectivity index (χ2v) is 9.97. The minimum Gasteiger partial charge on any atom is -0.383 e. The van der Waals surface area contributed by atoms with Crippen LogP contribution in [0.2, 0.25) is 0 Å². The fourth-order valence-electron chi connectivity index (χ4n) is 5.52. The molecule has 2 aromatic rings. The topological polar surface area (TPSA) is 83.2 Å². The first-order valence-electron chi connectivity index (χ1n) is 13.0. The van der Waals surface area contributed by atoms with E-state index in [-0.39, 0.29) is 0 Å². The number of nitrogens with two attached hydrogens (primary N) is 2. The lowest BCUT2D eigenvalue weighted by atomic mass is 10.1. The molecule has 0 amide bonds. The molecule has 4 N–H and O–H groups in total. The molecule has 0 bridgehead atoms. The van der Waals surface area contributed by atoms with Crippen molar-refractivity contribution in [3.05, 3.63) is 59.7 Å². The standard InChI is InChI=1S/C28H38N6/c29-27(31-23-5-1-2-6-23)21-9-13-25(14-10-21)33-17-19-34(20-18-33)26-15-11-22(12-16-26)28(30)32-24-7-3-4-8-24/h9-16,23-24H,1-8,17-20H2,(H2,29,31)(H2,30,32). The van der Waals surface area contributed by atoms with Gasteiger partial charge in [0.25, 0.3) is 0 Å². The molecule has 2 aromatic carbocycles. The third-order valence-electron chi connectivity index (χ3n) is 7.63. The van der Waals surface area contributed by atoms with E-state index in [1.54, 1.807) is 0 Å². The van der Waals surface area contributed by atoms with Gasteiger partial charge in [0.05, 0.1) is 12.1 Å². The van der Waals surface area contributed by atoms with Crippen LogP contribution in [0.3, 0.4) is 0 Å². The molecule has 2 saturated carbocycles. The minimum atomic E-state index is 0.415. The van der Waals surface area contributed by atoms with Crippen LogP contribution in [0.25, 0.3) is 0 Å². The molecular weight excluding hydrogens is 420 g/mol. The molecule has 6 nitrogen and oxygen atoms in total. The zero-order valence-corrected chi connectivity index (χ0v) is 20.2. The van der Waals surface area contributed by atoms with E-state index < -0.39 is 0 Å². The summed E-state index contributed by atoms with van der Waals surface area (Å²) in [5, 5.41) is 0. The maximum atomic E-state index is 6.27. The summed E-state index contributed by atoms with van der Waals surface area (Å²) in [6.07, 6.45) is 9.80. The molecule has 0 radical (unpaired) electrons. The van der Waals surface area contributed by atoms with Gasteiger partial charge in [0.2, 0.25) is 0 Å². The summed E-state index contributed by atoms with van der Waals surface area (Å²) in [6.45, 7) is 3.99. The van der Waals surface area contributed by atoms with Gasteiger partial charge >= 0.3 is 0 Å². The molecular formula is C28H38N6. The van der Waals surface area contributed by atoms with E-state index in [0.717, 1.165) is 37.3 Å². The van der Waals surface area contributed by atoms with Crippen LogP contribution in [0.15, 0.2) is 58.5 Å². The van der Waals surface area contributed by atoms with Crippen LogP contribution in [0.4, 0.5) is 11.4 Å². The molecule has 0 spiro atoms. The maximum absolute atomic E-state index is 6.27. The lowest BCUT2D eigenvalue weighted by Crippen LogP contribution is -2.46. The average Bonchev–Trinajstić information content (AvgIpc) is 3.59. The molecule has 1 heterocycles. The monoisotopic (exact) mass is 458 g/mol. The number of aliphatic imine (C=N–C) groups is 2. The predicted molar refractivity (Wildman–Crippen MR) is 143 cm³/mol. The number of amidine groups is 2. The summed E-state index contributed by atoms with van der Waals surface area (Å²) in [6, 6.07) is 18.0. The largest absolute Gasteiger partial charge is 0.383 e. The van der Waals surface area contributed by atoms with Crippen LogP contribution in [0.1, 0.15) is 62.5 Å². The Morgan fingerprint density at radius 2 is 0.882 bits per heavy atom. The first kappa shape index (κ1) is 22.8. The zero-order chi connectivity index (χ0) is 23.3.